The molecule has 1 fully saturated rings. The Morgan fingerprint density at radius 3 is 2.45 bits per heavy atom. The van der Waals surface area contributed by atoms with Crippen molar-refractivity contribution in [3.63, 3.8) is 0 Å². The van der Waals surface area contributed by atoms with Crippen molar-refractivity contribution in [3.8, 4) is 0 Å². The Morgan fingerprint density at radius 1 is 1.27 bits per heavy atom. The number of hydrogen-bond donors (Lipinski definition) is 1. The summed E-state index contributed by atoms with van der Waals surface area (Å²) in [5.41, 5.74) is 2.02. The number of benzene rings is 1. The summed E-state index contributed by atoms with van der Waals surface area (Å²) in [7, 11) is -1.61. The molecule has 2 amide bonds. The van der Waals surface area contributed by atoms with Crippen LogP contribution in [0.3, 0.4) is 0 Å². The lowest BCUT2D eigenvalue weighted by Crippen LogP contribution is -2.46. The van der Waals surface area contributed by atoms with Crippen molar-refractivity contribution in [2.75, 3.05) is 18.6 Å². The highest BCUT2D eigenvalue weighted by Gasteiger charge is 2.34. The molecule has 1 atom stereocenters. The number of nitrogens with zero attached hydrogens (tertiary/aromatic N) is 1. The fourth-order valence-corrected chi connectivity index (χ4v) is 4.15. The minimum Gasteiger partial charge on any atom is -0.344 e. The summed E-state index contributed by atoms with van der Waals surface area (Å²) in [6, 6.07) is 7.21. The Kier molecular flexibility index (Phi) is 4.85. The van der Waals surface area contributed by atoms with E-state index in [9.17, 15) is 18.0 Å². The smallest absolute Gasteiger partial charge is 0.311 e. The maximum atomic E-state index is 12.0. The molecule has 7 heteroatoms. The third-order valence-corrected chi connectivity index (χ3v) is 5.59. The van der Waals surface area contributed by atoms with Crippen molar-refractivity contribution in [2.45, 2.75) is 25.9 Å². The summed E-state index contributed by atoms with van der Waals surface area (Å²) < 4.78 is 22.9. The monoisotopic (exact) mass is 324 g/mol. The number of carbonyl (C=O) groups excluding carboxylic acids is 2. The van der Waals surface area contributed by atoms with E-state index in [0.717, 1.165) is 11.1 Å². The number of hydrogen-bond acceptors (Lipinski definition) is 4. The van der Waals surface area contributed by atoms with Crippen LogP contribution in [0.4, 0.5) is 0 Å². The lowest BCUT2D eigenvalue weighted by molar-refractivity contribution is -0.146. The third-order valence-electron chi connectivity index (χ3n) is 3.84. The highest BCUT2D eigenvalue weighted by molar-refractivity contribution is 7.91. The summed E-state index contributed by atoms with van der Waals surface area (Å²) >= 11 is 0. The number of rotatable bonds is 3. The second-order valence-corrected chi connectivity index (χ2v) is 7.87. The van der Waals surface area contributed by atoms with Crippen LogP contribution < -0.4 is 5.32 Å². The highest BCUT2D eigenvalue weighted by Crippen LogP contribution is 2.16. The van der Waals surface area contributed by atoms with E-state index >= 15 is 0 Å². The Bertz CT molecular complexity index is 667. The number of amides is 2. The summed E-state index contributed by atoms with van der Waals surface area (Å²) in [5, 5.41) is 2.56. The third kappa shape index (κ3) is 4.07. The zero-order valence-corrected chi connectivity index (χ0v) is 13.5. The Labute approximate surface area is 130 Å². The van der Waals surface area contributed by atoms with Crippen LogP contribution in [-0.2, 0) is 26.0 Å². The lowest BCUT2D eigenvalue weighted by Gasteiger charge is -2.22. The van der Waals surface area contributed by atoms with Crippen molar-refractivity contribution in [2.24, 2.45) is 0 Å². The van der Waals surface area contributed by atoms with Crippen molar-refractivity contribution < 1.29 is 18.0 Å². The van der Waals surface area contributed by atoms with Gasteiger partial charge in [0.25, 0.3) is 0 Å². The molecule has 1 aliphatic heterocycles. The average Bonchev–Trinajstić information content (AvgIpc) is 2.85. The SMILES string of the molecule is Cc1ccc(CNC(=O)C(=O)N(C)C2CCS(=O)(=O)C2)cc1. The molecule has 1 saturated heterocycles. The zero-order chi connectivity index (χ0) is 16.3. The summed E-state index contributed by atoms with van der Waals surface area (Å²) in [6.07, 6.45) is 0.385. The lowest BCUT2D eigenvalue weighted by atomic mass is 10.1. The molecular formula is C15H20N2O4S. The van der Waals surface area contributed by atoms with Crippen LogP contribution >= 0.6 is 0 Å². The first-order valence-corrected chi connectivity index (χ1v) is 8.91. The normalized spacial score (nSPS) is 19.6. The number of carbonyl (C=O) groups is 2. The molecule has 2 rings (SSSR count). The van der Waals surface area contributed by atoms with E-state index in [1.54, 1.807) is 0 Å². The van der Waals surface area contributed by atoms with Crippen molar-refractivity contribution in [3.05, 3.63) is 35.4 Å². The van der Waals surface area contributed by atoms with Gasteiger partial charge < -0.3 is 10.2 Å². The van der Waals surface area contributed by atoms with Crippen molar-refractivity contribution in [1.82, 2.24) is 10.2 Å². The molecule has 1 heterocycles. The fourth-order valence-electron chi connectivity index (χ4n) is 2.37. The van der Waals surface area contributed by atoms with E-state index < -0.39 is 27.7 Å². The molecule has 22 heavy (non-hydrogen) atoms. The fraction of sp³-hybridized carbons (Fsp3) is 0.467. The van der Waals surface area contributed by atoms with Crippen LogP contribution in [0.15, 0.2) is 24.3 Å². The summed E-state index contributed by atoms with van der Waals surface area (Å²) in [4.78, 5) is 25.2. The first-order valence-electron chi connectivity index (χ1n) is 7.09. The summed E-state index contributed by atoms with van der Waals surface area (Å²) in [6.45, 7) is 2.23. The van der Waals surface area contributed by atoms with Crippen LogP contribution in [0, 0.1) is 6.92 Å². The van der Waals surface area contributed by atoms with Crippen LogP contribution in [0.1, 0.15) is 17.5 Å². The van der Waals surface area contributed by atoms with Gasteiger partial charge in [0.15, 0.2) is 9.84 Å². The van der Waals surface area contributed by atoms with Gasteiger partial charge in [-0.3, -0.25) is 9.59 Å². The van der Waals surface area contributed by atoms with Gasteiger partial charge in [0, 0.05) is 19.6 Å². The molecule has 1 N–H and O–H groups in total. The molecule has 1 unspecified atom stereocenters. The van der Waals surface area contributed by atoms with Gasteiger partial charge in [0.05, 0.1) is 11.5 Å². The van der Waals surface area contributed by atoms with Gasteiger partial charge in [-0.2, -0.15) is 0 Å². The Morgan fingerprint density at radius 2 is 1.91 bits per heavy atom. The summed E-state index contributed by atoms with van der Waals surface area (Å²) in [5.74, 6) is -1.41. The van der Waals surface area contributed by atoms with E-state index in [0.29, 0.717) is 6.42 Å². The van der Waals surface area contributed by atoms with Crippen molar-refractivity contribution in [1.29, 1.82) is 0 Å². The molecule has 1 aliphatic rings. The number of sulfone groups is 1. The van der Waals surface area contributed by atoms with Crippen LogP contribution in [0.5, 0.6) is 0 Å². The molecule has 0 bridgehead atoms. The molecule has 0 saturated carbocycles. The molecule has 0 radical (unpaired) electrons. The van der Waals surface area contributed by atoms with Crippen LogP contribution in [0.25, 0.3) is 0 Å². The topological polar surface area (TPSA) is 83.6 Å². The molecular weight excluding hydrogens is 304 g/mol. The van der Waals surface area contributed by atoms with Gasteiger partial charge >= 0.3 is 11.8 Å². The molecule has 1 aromatic rings. The van der Waals surface area contributed by atoms with Gasteiger partial charge in [-0.1, -0.05) is 29.8 Å². The minimum absolute atomic E-state index is 0.0690. The van der Waals surface area contributed by atoms with Crippen molar-refractivity contribution >= 4 is 21.7 Å². The second kappa shape index (κ2) is 6.48. The molecule has 0 aliphatic carbocycles. The Balaban J connectivity index is 1.89. The van der Waals surface area contributed by atoms with E-state index in [2.05, 4.69) is 5.32 Å². The van der Waals surface area contributed by atoms with E-state index in [1.807, 2.05) is 31.2 Å². The van der Waals surface area contributed by atoms with E-state index in [1.165, 1.54) is 11.9 Å². The van der Waals surface area contributed by atoms with Gasteiger partial charge in [-0.25, -0.2) is 8.42 Å². The molecule has 0 spiro atoms. The van der Waals surface area contributed by atoms with Gasteiger partial charge in [-0.15, -0.1) is 0 Å². The number of aryl methyl sites for hydroxylation is 1. The molecule has 120 valence electrons. The predicted octanol–water partition coefficient (Wildman–Crippen LogP) is 0.257. The quantitative estimate of drug-likeness (QED) is 0.808. The van der Waals surface area contributed by atoms with Gasteiger partial charge in [0.2, 0.25) is 0 Å². The maximum absolute atomic E-state index is 12.0. The average molecular weight is 324 g/mol. The maximum Gasteiger partial charge on any atom is 0.311 e. The van der Waals surface area contributed by atoms with Crippen LogP contribution in [-0.4, -0.2) is 49.7 Å². The van der Waals surface area contributed by atoms with Crippen LogP contribution in [0.2, 0.25) is 0 Å². The molecule has 1 aromatic carbocycles. The largest absolute Gasteiger partial charge is 0.344 e. The number of nitrogens with one attached hydrogen (secondary N) is 1. The first-order chi connectivity index (χ1) is 10.3. The van der Waals surface area contributed by atoms with E-state index in [-0.39, 0.29) is 18.1 Å². The predicted molar refractivity (Wildman–Crippen MR) is 82.9 cm³/mol. The second-order valence-electron chi connectivity index (χ2n) is 5.64. The number of likely N-dealkylation sites (N-methyl/N-ethyl adjacent to an activating group) is 1. The van der Waals surface area contributed by atoms with Gasteiger partial charge in [0.1, 0.15) is 0 Å². The standard InChI is InChI=1S/C15H20N2O4S/c1-11-3-5-12(6-4-11)9-16-14(18)15(19)17(2)13-7-8-22(20,21)10-13/h3-6,13H,7-10H2,1-2H3,(H,16,18). The van der Waals surface area contributed by atoms with E-state index in [4.69, 9.17) is 0 Å². The molecule has 6 nitrogen and oxygen atoms in total. The molecule has 0 aromatic heterocycles. The zero-order valence-electron chi connectivity index (χ0n) is 12.7. The Hall–Kier alpha value is -1.89. The minimum atomic E-state index is -3.08. The van der Waals surface area contributed by atoms with Gasteiger partial charge in [-0.05, 0) is 18.9 Å². The first kappa shape index (κ1) is 16.5. The highest BCUT2D eigenvalue weighted by atomic mass is 32.2.